The number of rotatable bonds is 10. The van der Waals surface area contributed by atoms with Gasteiger partial charge >= 0.3 is 11.9 Å². The van der Waals surface area contributed by atoms with Crippen LogP contribution in [0.4, 0.5) is 0 Å². The van der Waals surface area contributed by atoms with Crippen molar-refractivity contribution in [1.82, 2.24) is 4.90 Å². The Kier molecular flexibility index (Phi) is 15.3. The Morgan fingerprint density at radius 1 is 1.03 bits per heavy atom. The Labute approximate surface area is 362 Å². The molecule has 2 aromatic carbocycles. The van der Waals surface area contributed by atoms with Crippen LogP contribution in [-0.2, 0) is 35.2 Å². The molecule has 0 saturated heterocycles. The minimum Gasteiger partial charge on any atom is -0.457 e. The molecule has 2 aromatic rings. The summed E-state index contributed by atoms with van der Waals surface area (Å²) in [5.74, 6) is 4.09. The van der Waals surface area contributed by atoms with Gasteiger partial charge in [0.2, 0.25) is 5.78 Å². The second kappa shape index (κ2) is 18.9. The summed E-state index contributed by atoms with van der Waals surface area (Å²) in [5, 5.41) is 14.4. The largest absolute Gasteiger partial charge is 0.457 e. The lowest BCUT2D eigenvalue weighted by molar-refractivity contribution is -0.203. The minimum absolute atomic E-state index is 0. The number of Topliss-reactive ketones (excluding diaryl/α,β-unsaturated/α-hetero) is 1. The first-order valence-corrected chi connectivity index (χ1v) is 21.2. The van der Waals surface area contributed by atoms with Crippen LogP contribution in [0, 0.1) is 45.8 Å². The molecule has 8 nitrogen and oxygen atoms in total. The highest BCUT2D eigenvalue weighted by Gasteiger charge is 2.76. The van der Waals surface area contributed by atoms with Crippen LogP contribution in [0.25, 0.3) is 10.8 Å². The molecule has 0 radical (unpaired) electrons. The third kappa shape index (κ3) is 9.30. The Morgan fingerprint density at radius 2 is 1.71 bits per heavy atom. The second-order valence-electron chi connectivity index (χ2n) is 18.2. The highest BCUT2D eigenvalue weighted by atomic mass is 35.5. The van der Waals surface area contributed by atoms with E-state index in [1.807, 2.05) is 32.9 Å². The van der Waals surface area contributed by atoms with Gasteiger partial charge in [-0.15, -0.1) is 24.0 Å². The fraction of sp³-hybridized carbons (Fsp3) is 0.551. The number of carbonyl (C=O) groups excluding carboxylic acids is 4. The fourth-order valence-electron chi connectivity index (χ4n) is 10.3. The van der Waals surface area contributed by atoms with Crippen LogP contribution in [0.5, 0.6) is 0 Å². The van der Waals surface area contributed by atoms with E-state index < -0.39 is 51.7 Å². The highest BCUT2D eigenvalue weighted by molar-refractivity contribution is 6.26. The molecule has 8 atom stereocenters. The number of alkyl halides is 1. The topological polar surface area (TPSA) is 110 Å². The van der Waals surface area contributed by atoms with Gasteiger partial charge in [-0.25, -0.2) is 0 Å². The standard InChI is InChI=1S/C28H37ClO7.C21H25N.ClH/c1-6-23(33)35-15-22(32)28(36-24(34)7-2)16(3)12-20-19-9-8-17-13-18(30)10-11-25(17,4)27(19,29)21(31)14-26(20,28)5;1-21(2,3)15-8-5-9-16-22(4)17-19-13-10-12-18-11-6-7-14-20(18)19;/h10-11,13,16,19-21,31H,6-9,12,14-15H2,1-5H3;5-7,9-14H,16-17H2,1-4H3;1H/b;9-5+;/t16-,19-,20-,21-,25-,26-,27-,28-;;/m0../s1. The molecule has 0 unspecified atom stereocenters. The third-order valence-electron chi connectivity index (χ3n) is 13.2. The van der Waals surface area contributed by atoms with E-state index in [9.17, 15) is 24.3 Å². The number of hydrogen-bond donors (Lipinski definition) is 1. The minimum atomic E-state index is -1.55. The number of allylic oxidation sites excluding steroid dienone is 5. The van der Waals surface area contributed by atoms with Gasteiger partial charge in [0.05, 0.1) is 11.0 Å². The van der Waals surface area contributed by atoms with Crippen molar-refractivity contribution in [3.8, 4) is 11.8 Å². The number of aliphatic hydroxyl groups is 1. The Balaban J connectivity index is 0.000000287. The number of ether oxygens (including phenoxy) is 2. The van der Waals surface area contributed by atoms with Crippen molar-refractivity contribution in [3.63, 3.8) is 0 Å². The molecule has 0 aromatic heterocycles. The van der Waals surface area contributed by atoms with E-state index in [0.717, 1.165) is 18.7 Å². The van der Waals surface area contributed by atoms with E-state index in [1.165, 1.54) is 22.4 Å². The van der Waals surface area contributed by atoms with Crippen LogP contribution in [0.2, 0.25) is 0 Å². The molecule has 3 fully saturated rings. The monoisotopic (exact) mass is 847 g/mol. The number of hydrogen-bond acceptors (Lipinski definition) is 8. The van der Waals surface area contributed by atoms with E-state index in [-0.39, 0.29) is 60.6 Å². The molecule has 59 heavy (non-hydrogen) atoms. The molecule has 4 aliphatic carbocycles. The zero-order chi connectivity index (χ0) is 42.7. The fourth-order valence-corrected chi connectivity index (χ4v) is 10.9. The van der Waals surface area contributed by atoms with Crippen molar-refractivity contribution in [3.05, 3.63) is 84.0 Å². The second-order valence-corrected chi connectivity index (χ2v) is 18.8. The van der Waals surface area contributed by atoms with Crippen molar-refractivity contribution >= 4 is 58.3 Å². The average molecular weight is 849 g/mol. The summed E-state index contributed by atoms with van der Waals surface area (Å²) >= 11 is 7.48. The van der Waals surface area contributed by atoms with Crippen LogP contribution in [0.15, 0.2) is 78.4 Å². The smallest absolute Gasteiger partial charge is 0.306 e. The predicted octanol–water partition coefficient (Wildman–Crippen LogP) is 9.39. The first kappa shape index (κ1) is 47.9. The van der Waals surface area contributed by atoms with Gasteiger partial charge in [0, 0.05) is 48.1 Å². The van der Waals surface area contributed by atoms with Crippen LogP contribution in [-0.4, -0.2) is 70.3 Å². The van der Waals surface area contributed by atoms with Gasteiger partial charge in [0.25, 0.3) is 0 Å². The number of esters is 2. The molecule has 320 valence electrons. The summed E-state index contributed by atoms with van der Waals surface area (Å²) in [4.78, 5) is 51.8. The van der Waals surface area contributed by atoms with E-state index in [0.29, 0.717) is 19.3 Å². The summed E-state index contributed by atoms with van der Waals surface area (Å²) in [7, 11) is 2.14. The van der Waals surface area contributed by atoms with Crippen molar-refractivity contribution in [2.45, 2.75) is 117 Å². The quantitative estimate of drug-likeness (QED) is 0.143. The Hall–Kier alpha value is -3.74. The number of aliphatic hydroxyl groups excluding tert-OH is 1. The molecule has 0 heterocycles. The molecule has 3 saturated carbocycles. The molecule has 0 spiro atoms. The number of halogens is 2. The SMILES string of the molecule is CCC(=O)OCC(=O)[C@@]1(OC(=O)CC)[C@@H](C)C[C@H]2[C@@H]3CCC4=CC(=O)C=C[C@]4(C)[C@@]3(Cl)[C@@H](O)C[C@@]21C.CN(C/C=C/C#CC(C)(C)C)Cc1cccc2ccccc12.Cl. The lowest BCUT2D eigenvalue weighted by atomic mass is 9.45. The number of fused-ring (bicyclic) bond motifs is 6. The van der Waals surface area contributed by atoms with E-state index in [4.69, 9.17) is 21.1 Å². The summed E-state index contributed by atoms with van der Waals surface area (Å²) < 4.78 is 11.3. The molecule has 1 N–H and O–H groups in total. The first-order chi connectivity index (χ1) is 27.3. The molecule has 0 aliphatic heterocycles. The van der Waals surface area contributed by atoms with Gasteiger partial charge in [-0.3, -0.25) is 24.1 Å². The Morgan fingerprint density at radius 3 is 2.39 bits per heavy atom. The summed E-state index contributed by atoms with van der Waals surface area (Å²) in [6, 6.07) is 15.1. The van der Waals surface area contributed by atoms with E-state index in [2.05, 4.69) is 93.1 Å². The third-order valence-corrected chi connectivity index (χ3v) is 14.1. The number of nitrogens with zero attached hydrogens (tertiary/aromatic N) is 1. The maximum Gasteiger partial charge on any atom is 0.306 e. The van der Waals surface area contributed by atoms with Crippen LogP contribution in [0.1, 0.15) is 99.5 Å². The lowest BCUT2D eigenvalue weighted by Crippen LogP contribution is -2.69. The maximum absolute atomic E-state index is 13.9. The van der Waals surface area contributed by atoms with Crippen LogP contribution in [0.3, 0.4) is 0 Å². The zero-order valence-electron chi connectivity index (χ0n) is 36.2. The lowest BCUT2D eigenvalue weighted by Gasteiger charge is -2.64. The summed E-state index contributed by atoms with van der Waals surface area (Å²) in [6.45, 7) is 16.8. The normalized spacial score (nSPS) is 30.7. The van der Waals surface area contributed by atoms with E-state index >= 15 is 0 Å². The average Bonchev–Trinajstić information content (AvgIpc) is 3.39. The van der Waals surface area contributed by atoms with Crippen molar-refractivity contribution in [2.24, 2.45) is 34.0 Å². The van der Waals surface area contributed by atoms with Crippen molar-refractivity contribution in [2.75, 3.05) is 20.2 Å². The molecule has 4 aliphatic rings. The predicted molar refractivity (Wildman–Crippen MR) is 237 cm³/mol. The maximum atomic E-state index is 13.9. The zero-order valence-corrected chi connectivity index (χ0v) is 37.8. The number of benzene rings is 2. The first-order valence-electron chi connectivity index (χ1n) is 20.8. The summed E-state index contributed by atoms with van der Waals surface area (Å²) in [5.41, 5.74) is -0.828. The summed E-state index contributed by atoms with van der Waals surface area (Å²) in [6.07, 6.45) is 10.3. The number of likely N-dealkylation sites (N-methyl/N-ethyl adjacent to an activating group) is 1. The molecule has 0 bridgehead atoms. The van der Waals surface area contributed by atoms with Gasteiger partial charge in [-0.2, -0.15) is 0 Å². The van der Waals surface area contributed by atoms with Crippen molar-refractivity contribution < 1.29 is 33.8 Å². The molecule has 0 amide bonds. The number of carbonyl (C=O) groups is 4. The number of ketones is 2. The van der Waals surface area contributed by atoms with Gasteiger partial charge in [-0.1, -0.05) is 107 Å². The van der Waals surface area contributed by atoms with Gasteiger partial charge < -0.3 is 14.6 Å². The van der Waals surface area contributed by atoms with Crippen LogP contribution >= 0.6 is 24.0 Å². The molecule has 10 heteroatoms. The Bertz CT molecular complexity index is 2050. The van der Waals surface area contributed by atoms with Gasteiger partial charge in [0.15, 0.2) is 18.0 Å². The van der Waals surface area contributed by atoms with Gasteiger partial charge in [-0.05, 0) is 99.9 Å². The van der Waals surface area contributed by atoms with Crippen LogP contribution < -0.4 is 0 Å². The highest BCUT2D eigenvalue weighted by Crippen LogP contribution is 2.72. The van der Waals surface area contributed by atoms with E-state index in [1.54, 1.807) is 19.9 Å². The molecular weight excluding hydrogens is 785 g/mol. The molecule has 6 rings (SSSR count). The van der Waals surface area contributed by atoms with Crippen molar-refractivity contribution in [1.29, 1.82) is 0 Å². The van der Waals surface area contributed by atoms with Gasteiger partial charge in [0.1, 0.15) is 0 Å². The molecular formula is C49H63Cl2NO7.